The van der Waals surface area contributed by atoms with E-state index in [1.54, 1.807) is 0 Å². The number of carbonyl (C=O) groups is 1. The highest BCUT2D eigenvalue weighted by Crippen LogP contribution is 2.28. The summed E-state index contributed by atoms with van der Waals surface area (Å²) in [6.07, 6.45) is -1.38. The molecule has 1 aromatic rings. The highest BCUT2D eigenvalue weighted by molar-refractivity contribution is 5.73. The van der Waals surface area contributed by atoms with Gasteiger partial charge in [0, 0.05) is 12.0 Å². The van der Waals surface area contributed by atoms with Gasteiger partial charge in [0.15, 0.2) is 17.7 Å². The Morgan fingerprint density at radius 3 is 2.37 bits per heavy atom. The van der Waals surface area contributed by atoms with Gasteiger partial charge in [-0.3, -0.25) is 10.1 Å². The maximum atomic E-state index is 13.5. The van der Waals surface area contributed by atoms with Crippen molar-refractivity contribution in [3.05, 3.63) is 33.9 Å². The summed E-state index contributed by atoms with van der Waals surface area (Å²) in [4.78, 5) is 20.2. The van der Waals surface area contributed by atoms with E-state index in [2.05, 4.69) is 0 Å². The molecular weight excluding hydrogens is 264 g/mol. The molecule has 8 heteroatoms. The second-order valence-corrected chi connectivity index (χ2v) is 4.11. The smallest absolute Gasteiger partial charge is 0.345 e. The number of aliphatic carboxylic acids is 1. The van der Waals surface area contributed by atoms with E-state index in [0.29, 0.717) is 12.1 Å². The van der Waals surface area contributed by atoms with Crippen LogP contribution < -0.4 is 4.74 Å². The number of rotatable bonds is 5. The molecule has 0 radical (unpaired) electrons. The average molecular weight is 275 g/mol. The minimum absolute atomic E-state index is 0.351. The van der Waals surface area contributed by atoms with Gasteiger partial charge in [-0.05, 0) is 0 Å². The first-order valence-electron chi connectivity index (χ1n) is 5.27. The third-order valence-electron chi connectivity index (χ3n) is 2.30. The lowest BCUT2D eigenvalue weighted by atomic mass is 10.1. The van der Waals surface area contributed by atoms with Gasteiger partial charge in [-0.15, -0.1) is 0 Å². The third kappa shape index (κ3) is 3.36. The summed E-state index contributed by atoms with van der Waals surface area (Å²) >= 11 is 0. The normalized spacial score (nSPS) is 12.3. The summed E-state index contributed by atoms with van der Waals surface area (Å²) in [6, 6.07) is 0.815. The van der Waals surface area contributed by atoms with E-state index in [1.165, 1.54) is 13.8 Å². The van der Waals surface area contributed by atoms with Crippen LogP contribution in [0, 0.1) is 27.7 Å². The van der Waals surface area contributed by atoms with Gasteiger partial charge in [0.2, 0.25) is 5.82 Å². The van der Waals surface area contributed by atoms with Crippen molar-refractivity contribution in [2.24, 2.45) is 5.92 Å². The van der Waals surface area contributed by atoms with Crippen LogP contribution >= 0.6 is 0 Å². The van der Waals surface area contributed by atoms with E-state index >= 15 is 0 Å². The number of nitro groups is 1. The molecule has 0 spiro atoms. The number of nitrogens with zero attached hydrogens (tertiary/aromatic N) is 1. The van der Waals surface area contributed by atoms with Crippen molar-refractivity contribution in [1.29, 1.82) is 0 Å². The molecule has 0 aliphatic rings. The predicted octanol–water partition coefficient (Wildman–Crippen LogP) is 2.36. The van der Waals surface area contributed by atoms with Crippen LogP contribution in [-0.2, 0) is 4.79 Å². The molecule has 6 nitrogen and oxygen atoms in total. The van der Waals surface area contributed by atoms with Crippen LogP contribution in [0.15, 0.2) is 12.1 Å². The quantitative estimate of drug-likeness (QED) is 0.658. The molecule has 0 saturated heterocycles. The van der Waals surface area contributed by atoms with Gasteiger partial charge in [0.25, 0.3) is 0 Å². The van der Waals surface area contributed by atoms with Crippen molar-refractivity contribution < 1.29 is 28.3 Å². The van der Waals surface area contributed by atoms with Crippen molar-refractivity contribution in [3.63, 3.8) is 0 Å². The molecule has 1 unspecified atom stereocenters. The monoisotopic (exact) mass is 275 g/mol. The topological polar surface area (TPSA) is 89.7 Å². The molecule has 0 saturated carbocycles. The Hall–Kier alpha value is -2.25. The Balaban J connectivity index is 3.12. The molecule has 0 bridgehead atoms. The van der Waals surface area contributed by atoms with Crippen LogP contribution in [0.25, 0.3) is 0 Å². The molecule has 104 valence electrons. The van der Waals surface area contributed by atoms with Crippen molar-refractivity contribution in [3.8, 4) is 5.75 Å². The molecule has 0 fully saturated rings. The maximum Gasteiger partial charge on any atom is 0.345 e. The molecule has 0 aliphatic heterocycles. The zero-order valence-electron chi connectivity index (χ0n) is 10.1. The maximum absolute atomic E-state index is 13.5. The minimum atomic E-state index is -1.38. The molecular formula is C11H11F2NO5. The first kappa shape index (κ1) is 14.8. The zero-order valence-corrected chi connectivity index (χ0v) is 10.1. The van der Waals surface area contributed by atoms with Gasteiger partial charge >= 0.3 is 11.7 Å². The summed E-state index contributed by atoms with van der Waals surface area (Å²) in [6.45, 7) is 3.05. The second kappa shape index (κ2) is 5.59. The van der Waals surface area contributed by atoms with Gasteiger partial charge in [0.05, 0.1) is 11.0 Å². The zero-order chi connectivity index (χ0) is 14.7. The van der Waals surface area contributed by atoms with Crippen molar-refractivity contribution >= 4 is 11.7 Å². The van der Waals surface area contributed by atoms with Crippen LogP contribution in [0.3, 0.4) is 0 Å². The number of ether oxygens (including phenoxy) is 1. The number of carboxylic acid groups (broad SMARTS) is 1. The van der Waals surface area contributed by atoms with E-state index in [0.717, 1.165) is 0 Å². The summed E-state index contributed by atoms with van der Waals surface area (Å²) in [5, 5.41) is 19.2. The SMILES string of the molecule is CC(C)C(Oc1cc(F)c([N+](=O)[O-])cc1F)C(=O)O. The van der Waals surface area contributed by atoms with Crippen molar-refractivity contribution in [2.45, 2.75) is 20.0 Å². The highest BCUT2D eigenvalue weighted by atomic mass is 19.1. The predicted molar refractivity (Wildman–Crippen MR) is 59.9 cm³/mol. The summed E-state index contributed by atoms with van der Waals surface area (Å²) in [7, 11) is 0. The number of carboxylic acids is 1. The van der Waals surface area contributed by atoms with E-state index < -0.39 is 46.0 Å². The molecule has 1 rings (SSSR count). The van der Waals surface area contributed by atoms with Crippen LogP contribution in [0.2, 0.25) is 0 Å². The largest absolute Gasteiger partial charge is 0.478 e. The van der Waals surface area contributed by atoms with Gasteiger partial charge in [-0.2, -0.15) is 4.39 Å². The lowest BCUT2D eigenvalue weighted by molar-refractivity contribution is -0.387. The Kier molecular flexibility index (Phi) is 4.36. The highest BCUT2D eigenvalue weighted by Gasteiger charge is 2.27. The van der Waals surface area contributed by atoms with Gasteiger partial charge in [-0.25, -0.2) is 9.18 Å². The van der Waals surface area contributed by atoms with E-state index in [4.69, 9.17) is 9.84 Å². The third-order valence-corrected chi connectivity index (χ3v) is 2.30. The standard InChI is InChI=1S/C11H11F2NO5/c1-5(2)10(11(15)16)19-9-4-6(12)8(14(17)18)3-7(9)13/h3-5,10H,1-2H3,(H,15,16). The second-order valence-electron chi connectivity index (χ2n) is 4.11. The molecule has 0 aromatic heterocycles. The fourth-order valence-corrected chi connectivity index (χ4v) is 1.36. The number of benzene rings is 1. The lowest BCUT2D eigenvalue weighted by Gasteiger charge is -2.18. The lowest BCUT2D eigenvalue weighted by Crippen LogP contribution is -2.32. The summed E-state index contributed by atoms with van der Waals surface area (Å²) in [5.41, 5.74) is -1.04. The fraction of sp³-hybridized carbons (Fsp3) is 0.364. The van der Waals surface area contributed by atoms with Gasteiger partial charge in [-0.1, -0.05) is 13.8 Å². The van der Waals surface area contributed by atoms with Gasteiger partial charge < -0.3 is 9.84 Å². The van der Waals surface area contributed by atoms with E-state index in [9.17, 15) is 23.7 Å². The van der Waals surface area contributed by atoms with Crippen LogP contribution in [0.1, 0.15) is 13.8 Å². The number of hydrogen-bond acceptors (Lipinski definition) is 4. The molecule has 0 aliphatic carbocycles. The van der Waals surface area contributed by atoms with Crippen molar-refractivity contribution in [2.75, 3.05) is 0 Å². The van der Waals surface area contributed by atoms with E-state index in [1.807, 2.05) is 0 Å². The molecule has 1 aromatic carbocycles. The summed E-state index contributed by atoms with van der Waals surface area (Å²) < 4.78 is 31.6. The van der Waals surface area contributed by atoms with Gasteiger partial charge in [0.1, 0.15) is 0 Å². The minimum Gasteiger partial charge on any atom is -0.478 e. The molecule has 0 amide bonds. The van der Waals surface area contributed by atoms with E-state index in [-0.39, 0.29) is 0 Å². The first-order valence-corrected chi connectivity index (χ1v) is 5.27. The molecule has 19 heavy (non-hydrogen) atoms. The Bertz CT molecular complexity index is 518. The average Bonchev–Trinajstić information content (AvgIpc) is 2.28. The molecule has 1 N–H and O–H groups in total. The van der Waals surface area contributed by atoms with Crippen LogP contribution in [-0.4, -0.2) is 22.1 Å². The van der Waals surface area contributed by atoms with Crippen LogP contribution in [0.5, 0.6) is 5.75 Å². The fourth-order valence-electron chi connectivity index (χ4n) is 1.36. The Morgan fingerprint density at radius 1 is 1.37 bits per heavy atom. The Morgan fingerprint density at radius 2 is 1.95 bits per heavy atom. The number of halogens is 2. The molecule has 1 atom stereocenters. The summed E-state index contributed by atoms with van der Waals surface area (Å²) in [5.74, 6) is -5.00. The number of nitro benzene ring substituents is 1. The van der Waals surface area contributed by atoms with Crippen molar-refractivity contribution in [1.82, 2.24) is 0 Å². The molecule has 0 heterocycles. The van der Waals surface area contributed by atoms with Crippen LogP contribution in [0.4, 0.5) is 14.5 Å². The Labute approximate surface area is 106 Å². The number of hydrogen-bond donors (Lipinski definition) is 1. The first-order chi connectivity index (χ1) is 8.73.